The van der Waals surface area contributed by atoms with Crippen molar-refractivity contribution in [3.05, 3.63) is 36.0 Å². The first-order chi connectivity index (χ1) is 10.2. The fourth-order valence-electron chi connectivity index (χ4n) is 2.44. The van der Waals surface area contributed by atoms with Crippen LogP contribution in [0.5, 0.6) is 5.88 Å². The van der Waals surface area contributed by atoms with Gasteiger partial charge in [-0.05, 0) is 26.0 Å². The molecular weight excluding hydrogens is 268 g/mol. The number of benzene rings is 1. The van der Waals surface area contributed by atoms with Crippen molar-refractivity contribution in [2.24, 2.45) is 0 Å². The molecule has 5 nitrogen and oxygen atoms in total. The predicted octanol–water partition coefficient (Wildman–Crippen LogP) is 2.41. The topological polar surface area (TPSA) is 62.7 Å². The predicted molar refractivity (Wildman–Crippen MR) is 79.8 cm³/mol. The molecule has 2 aromatic rings. The van der Waals surface area contributed by atoms with Gasteiger partial charge < -0.3 is 14.7 Å². The van der Waals surface area contributed by atoms with Crippen molar-refractivity contribution in [3.63, 3.8) is 0 Å². The van der Waals surface area contributed by atoms with Gasteiger partial charge in [0.05, 0.1) is 5.56 Å². The molecule has 0 saturated heterocycles. The summed E-state index contributed by atoms with van der Waals surface area (Å²) in [6.07, 6.45) is 3.90. The molecule has 1 aliphatic carbocycles. The summed E-state index contributed by atoms with van der Waals surface area (Å²) >= 11 is 0. The minimum Gasteiger partial charge on any atom is -0.478 e. The maximum absolute atomic E-state index is 11.2. The molecular formula is C16H18N2O3. The number of pyridine rings is 1. The number of fused-ring (bicyclic) bond motifs is 1. The van der Waals surface area contributed by atoms with E-state index in [4.69, 9.17) is 4.74 Å². The summed E-state index contributed by atoms with van der Waals surface area (Å²) in [6.45, 7) is 1.40. The summed E-state index contributed by atoms with van der Waals surface area (Å²) in [5, 5.41) is 10.6. The molecule has 1 heterocycles. The van der Waals surface area contributed by atoms with Gasteiger partial charge >= 0.3 is 5.97 Å². The van der Waals surface area contributed by atoms with Gasteiger partial charge in [-0.15, -0.1) is 0 Å². The Hall–Kier alpha value is -2.14. The Morgan fingerprint density at radius 3 is 2.76 bits per heavy atom. The second-order valence-corrected chi connectivity index (χ2v) is 5.39. The molecule has 0 bridgehead atoms. The lowest BCUT2D eigenvalue weighted by Crippen LogP contribution is -2.26. The highest BCUT2D eigenvalue weighted by atomic mass is 16.5. The van der Waals surface area contributed by atoms with Crippen LogP contribution in [0.25, 0.3) is 10.8 Å². The lowest BCUT2D eigenvalue weighted by atomic mass is 10.1. The fraction of sp³-hybridized carbons (Fsp3) is 0.375. The number of likely N-dealkylation sites (N-methyl/N-ethyl adjacent to an activating group) is 1. The Balaban J connectivity index is 1.78. The Morgan fingerprint density at radius 2 is 2.10 bits per heavy atom. The summed E-state index contributed by atoms with van der Waals surface area (Å²) in [4.78, 5) is 17.7. The van der Waals surface area contributed by atoms with Crippen LogP contribution < -0.4 is 4.74 Å². The first-order valence-corrected chi connectivity index (χ1v) is 7.11. The van der Waals surface area contributed by atoms with Gasteiger partial charge in [0.25, 0.3) is 0 Å². The normalized spacial score (nSPS) is 14.6. The summed E-state index contributed by atoms with van der Waals surface area (Å²) in [5.74, 6) is -0.474. The van der Waals surface area contributed by atoms with Crippen LogP contribution in [0.2, 0.25) is 0 Å². The van der Waals surface area contributed by atoms with E-state index in [2.05, 4.69) is 16.9 Å². The zero-order valence-corrected chi connectivity index (χ0v) is 12.0. The highest BCUT2D eigenvalue weighted by molar-refractivity contribution is 6.04. The van der Waals surface area contributed by atoms with Crippen LogP contribution in [0.3, 0.4) is 0 Å². The monoisotopic (exact) mass is 286 g/mol. The number of nitrogens with zero attached hydrogens (tertiary/aromatic N) is 2. The van der Waals surface area contributed by atoms with E-state index in [0.29, 0.717) is 23.9 Å². The van der Waals surface area contributed by atoms with E-state index in [1.165, 1.54) is 19.0 Å². The quantitative estimate of drug-likeness (QED) is 0.883. The molecule has 1 aromatic heterocycles. The largest absolute Gasteiger partial charge is 0.478 e. The van der Waals surface area contributed by atoms with Crippen LogP contribution in [0.4, 0.5) is 0 Å². The molecule has 1 aliphatic rings. The molecule has 1 saturated carbocycles. The zero-order chi connectivity index (χ0) is 14.8. The number of rotatable bonds is 6. The van der Waals surface area contributed by atoms with Crippen LogP contribution >= 0.6 is 0 Å². The number of carboxylic acid groups (broad SMARTS) is 1. The average molecular weight is 286 g/mol. The minimum atomic E-state index is -0.973. The molecule has 1 N–H and O–H groups in total. The Labute approximate surface area is 123 Å². The highest BCUT2D eigenvalue weighted by Gasteiger charge is 2.25. The molecule has 1 aromatic carbocycles. The van der Waals surface area contributed by atoms with Crippen LogP contribution in [0.1, 0.15) is 23.2 Å². The average Bonchev–Trinajstić information content (AvgIpc) is 3.31. The third-order valence-electron chi connectivity index (χ3n) is 3.84. The number of hydrogen-bond donors (Lipinski definition) is 1. The van der Waals surface area contributed by atoms with Gasteiger partial charge in [0.15, 0.2) is 0 Å². The zero-order valence-electron chi connectivity index (χ0n) is 12.0. The smallest absolute Gasteiger partial charge is 0.337 e. The number of carboxylic acids is 1. The van der Waals surface area contributed by atoms with Crippen molar-refractivity contribution in [1.29, 1.82) is 0 Å². The van der Waals surface area contributed by atoms with E-state index in [-0.39, 0.29) is 5.56 Å². The Bertz CT molecular complexity index is 668. The van der Waals surface area contributed by atoms with Crippen LogP contribution in [0.15, 0.2) is 30.5 Å². The number of hydrogen-bond acceptors (Lipinski definition) is 4. The minimum absolute atomic E-state index is 0.202. The second-order valence-electron chi connectivity index (χ2n) is 5.39. The molecule has 21 heavy (non-hydrogen) atoms. The first-order valence-electron chi connectivity index (χ1n) is 7.11. The molecule has 0 amide bonds. The van der Waals surface area contributed by atoms with Crippen LogP contribution in [-0.2, 0) is 0 Å². The lowest BCUT2D eigenvalue weighted by Gasteiger charge is -2.16. The maximum atomic E-state index is 11.2. The standard InChI is InChI=1S/C16H18N2O3/c1-18(11-6-7-11)8-9-21-15-13-5-3-2-4-12(13)14(10-17-15)16(19)20/h2-5,10-11H,6-9H2,1H3,(H,19,20). The Kier molecular flexibility index (Phi) is 3.75. The van der Waals surface area contributed by atoms with Crippen molar-refractivity contribution >= 4 is 16.7 Å². The van der Waals surface area contributed by atoms with E-state index in [1.54, 1.807) is 6.07 Å². The molecule has 1 fully saturated rings. The molecule has 5 heteroatoms. The molecule has 0 unspecified atom stereocenters. The van der Waals surface area contributed by atoms with E-state index in [0.717, 1.165) is 11.9 Å². The van der Waals surface area contributed by atoms with Gasteiger partial charge in [0.2, 0.25) is 5.88 Å². The van der Waals surface area contributed by atoms with Crippen LogP contribution in [0, 0.1) is 0 Å². The molecule has 3 rings (SSSR count). The fourth-order valence-corrected chi connectivity index (χ4v) is 2.44. The van der Waals surface area contributed by atoms with E-state index in [9.17, 15) is 9.90 Å². The number of aromatic nitrogens is 1. The SMILES string of the molecule is CN(CCOc1ncc(C(=O)O)c2ccccc12)C1CC1. The summed E-state index contributed by atoms with van der Waals surface area (Å²) in [5.41, 5.74) is 0.202. The van der Waals surface area contributed by atoms with Gasteiger partial charge in [-0.3, -0.25) is 0 Å². The Morgan fingerprint density at radius 1 is 1.38 bits per heavy atom. The number of ether oxygens (including phenoxy) is 1. The third kappa shape index (κ3) is 2.97. The highest BCUT2D eigenvalue weighted by Crippen LogP contribution is 2.27. The van der Waals surface area contributed by atoms with Gasteiger partial charge in [-0.25, -0.2) is 9.78 Å². The van der Waals surface area contributed by atoms with Crippen molar-refractivity contribution in [3.8, 4) is 5.88 Å². The van der Waals surface area contributed by atoms with Gasteiger partial charge in [0, 0.05) is 29.6 Å². The van der Waals surface area contributed by atoms with Crippen molar-refractivity contribution < 1.29 is 14.6 Å². The summed E-state index contributed by atoms with van der Waals surface area (Å²) < 4.78 is 5.76. The van der Waals surface area contributed by atoms with Crippen molar-refractivity contribution in [2.75, 3.05) is 20.2 Å². The molecule has 0 aliphatic heterocycles. The van der Waals surface area contributed by atoms with Gasteiger partial charge in [0.1, 0.15) is 6.61 Å². The maximum Gasteiger partial charge on any atom is 0.337 e. The van der Waals surface area contributed by atoms with Gasteiger partial charge in [-0.1, -0.05) is 18.2 Å². The van der Waals surface area contributed by atoms with Gasteiger partial charge in [-0.2, -0.15) is 0 Å². The summed E-state index contributed by atoms with van der Waals surface area (Å²) in [6, 6.07) is 8.00. The molecule has 0 radical (unpaired) electrons. The van der Waals surface area contributed by atoms with Crippen molar-refractivity contribution in [2.45, 2.75) is 18.9 Å². The number of carbonyl (C=O) groups is 1. The van der Waals surface area contributed by atoms with Crippen LogP contribution in [-0.4, -0.2) is 47.2 Å². The van der Waals surface area contributed by atoms with E-state index in [1.807, 2.05) is 18.2 Å². The second kappa shape index (κ2) is 5.69. The first kappa shape index (κ1) is 13.8. The number of aromatic carboxylic acids is 1. The van der Waals surface area contributed by atoms with E-state index >= 15 is 0 Å². The molecule has 110 valence electrons. The third-order valence-corrected chi connectivity index (χ3v) is 3.84. The molecule has 0 spiro atoms. The van der Waals surface area contributed by atoms with E-state index < -0.39 is 5.97 Å². The summed E-state index contributed by atoms with van der Waals surface area (Å²) in [7, 11) is 2.10. The van der Waals surface area contributed by atoms with Crippen molar-refractivity contribution in [1.82, 2.24) is 9.88 Å². The molecule has 0 atom stereocenters. The lowest BCUT2D eigenvalue weighted by molar-refractivity contribution is 0.0698.